The van der Waals surface area contributed by atoms with Crippen molar-refractivity contribution in [1.82, 2.24) is 9.61 Å². The maximum absolute atomic E-state index is 12.1. The van der Waals surface area contributed by atoms with Crippen LogP contribution in [0.2, 0.25) is 0 Å². The van der Waals surface area contributed by atoms with Gasteiger partial charge in [-0.1, -0.05) is 12.1 Å². The zero-order chi connectivity index (χ0) is 15.0. The fraction of sp³-hybridized carbons (Fsp3) is 0.0714. The van der Waals surface area contributed by atoms with Gasteiger partial charge >= 0.3 is 6.36 Å². The number of aromatic nitrogens is 2. The van der Waals surface area contributed by atoms with Crippen molar-refractivity contribution in [2.45, 2.75) is 6.36 Å². The lowest BCUT2D eigenvalue weighted by Gasteiger charge is -2.09. The highest BCUT2D eigenvalue weighted by molar-refractivity contribution is 14.1. The molecule has 7 heteroatoms. The first-order valence-corrected chi connectivity index (χ1v) is 6.99. The van der Waals surface area contributed by atoms with Crippen molar-refractivity contribution in [3.05, 3.63) is 52.4 Å². The second-order valence-electron chi connectivity index (χ2n) is 4.31. The van der Waals surface area contributed by atoms with Gasteiger partial charge in [0.05, 0.1) is 15.3 Å². The van der Waals surface area contributed by atoms with E-state index in [0.29, 0.717) is 0 Å². The van der Waals surface area contributed by atoms with Crippen LogP contribution in [0, 0.1) is 3.57 Å². The smallest absolute Gasteiger partial charge is 0.406 e. The maximum Gasteiger partial charge on any atom is 0.573 e. The van der Waals surface area contributed by atoms with Crippen molar-refractivity contribution in [3.8, 4) is 16.9 Å². The third kappa shape index (κ3) is 3.12. The molecule has 0 aliphatic heterocycles. The molecule has 0 aliphatic rings. The number of pyridine rings is 1. The van der Waals surface area contributed by atoms with Crippen LogP contribution in [0.25, 0.3) is 16.6 Å². The van der Waals surface area contributed by atoms with Crippen molar-refractivity contribution >= 4 is 28.1 Å². The Labute approximate surface area is 131 Å². The molecule has 0 N–H and O–H groups in total. The molecule has 3 rings (SSSR count). The summed E-state index contributed by atoms with van der Waals surface area (Å²) >= 11 is 2.18. The highest BCUT2D eigenvalue weighted by Gasteiger charge is 2.30. The quantitative estimate of drug-likeness (QED) is 0.588. The lowest BCUT2D eigenvalue weighted by molar-refractivity contribution is -0.274. The van der Waals surface area contributed by atoms with Crippen molar-refractivity contribution in [1.29, 1.82) is 0 Å². The van der Waals surface area contributed by atoms with Crippen LogP contribution in [-0.2, 0) is 0 Å². The molecule has 0 radical (unpaired) electrons. The molecule has 21 heavy (non-hydrogen) atoms. The Bertz CT molecular complexity index is 781. The van der Waals surface area contributed by atoms with Gasteiger partial charge in [-0.25, -0.2) is 4.52 Å². The van der Waals surface area contributed by atoms with E-state index in [9.17, 15) is 13.2 Å². The highest BCUT2D eigenvalue weighted by atomic mass is 127. The first-order valence-electron chi connectivity index (χ1n) is 5.91. The molecule has 0 bridgehead atoms. The van der Waals surface area contributed by atoms with Crippen LogP contribution >= 0.6 is 22.6 Å². The molecule has 0 saturated heterocycles. The number of benzene rings is 1. The van der Waals surface area contributed by atoms with E-state index in [0.717, 1.165) is 20.2 Å². The predicted octanol–water partition coefficient (Wildman–Crippen LogP) is 4.50. The normalized spacial score (nSPS) is 11.8. The standard InChI is InChI=1S/C14H8F3IN2O/c15-14(16,17)21-11-3-1-9(2-4-11)10-5-6-20-13(7-10)12(18)8-19-20/h1-8H. The molecule has 0 saturated carbocycles. The van der Waals surface area contributed by atoms with E-state index in [1.54, 1.807) is 22.8 Å². The molecule has 0 aliphatic carbocycles. The van der Waals surface area contributed by atoms with Crippen LogP contribution in [0.4, 0.5) is 13.2 Å². The number of halogens is 4. The number of hydrogen-bond acceptors (Lipinski definition) is 2. The van der Waals surface area contributed by atoms with Crippen LogP contribution in [0.5, 0.6) is 5.75 Å². The van der Waals surface area contributed by atoms with Gasteiger partial charge in [0, 0.05) is 6.20 Å². The van der Waals surface area contributed by atoms with Crippen LogP contribution in [-0.4, -0.2) is 16.0 Å². The lowest BCUT2D eigenvalue weighted by atomic mass is 10.1. The van der Waals surface area contributed by atoms with E-state index >= 15 is 0 Å². The number of ether oxygens (including phenoxy) is 1. The number of fused-ring (bicyclic) bond motifs is 1. The number of alkyl halides is 3. The number of nitrogens with zero attached hydrogens (tertiary/aromatic N) is 2. The van der Waals surface area contributed by atoms with Gasteiger partial charge in [0.1, 0.15) is 5.75 Å². The Hall–Kier alpha value is -1.77. The Morgan fingerprint density at radius 1 is 1.05 bits per heavy atom. The van der Waals surface area contributed by atoms with E-state index in [2.05, 4.69) is 32.4 Å². The molecule has 3 aromatic rings. The average Bonchev–Trinajstić information content (AvgIpc) is 2.79. The molecule has 0 atom stereocenters. The van der Waals surface area contributed by atoms with Crippen LogP contribution in [0.3, 0.4) is 0 Å². The monoisotopic (exact) mass is 404 g/mol. The molecule has 2 heterocycles. The van der Waals surface area contributed by atoms with E-state index in [4.69, 9.17) is 0 Å². The van der Waals surface area contributed by atoms with Crippen LogP contribution in [0.1, 0.15) is 0 Å². The van der Waals surface area contributed by atoms with Gasteiger partial charge in [0.2, 0.25) is 0 Å². The summed E-state index contributed by atoms with van der Waals surface area (Å²) in [6.07, 6.45) is -1.11. The van der Waals surface area contributed by atoms with Gasteiger partial charge < -0.3 is 4.74 Å². The highest BCUT2D eigenvalue weighted by Crippen LogP contribution is 2.27. The lowest BCUT2D eigenvalue weighted by Crippen LogP contribution is -2.16. The number of hydrogen-bond donors (Lipinski definition) is 0. The minimum atomic E-state index is -4.67. The second-order valence-corrected chi connectivity index (χ2v) is 5.47. The van der Waals surface area contributed by atoms with Gasteiger partial charge in [-0.3, -0.25) is 0 Å². The minimum absolute atomic E-state index is 0.230. The molecule has 108 valence electrons. The zero-order valence-electron chi connectivity index (χ0n) is 10.4. The molecule has 3 nitrogen and oxygen atoms in total. The van der Waals surface area contributed by atoms with Crippen molar-refractivity contribution in [2.75, 3.05) is 0 Å². The summed E-state index contributed by atoms with van der Waals surface area (Å²) in [5.41, 5.74) is 2.66. The summed E-state index contributed by atoms with van der Waals surface area (Å²) in [6.45, 7) is 0. The third-order valence-corrected chi connectivity index (χ3v) is 3.73. The summed E-state index contributed by atoms with van der Waals surface area (Å²) < 4.78 is 42.9. The molecule has 0 fully saturated rings. The number of rotatable bonds is 2. The Balaban J connectivity index is 1.93. The van der Waals surface area contributed by atoms with Crippen LogP contribution < -0.4 is 4.74 Å². The van der Waals surface area contributed by atoms with E-state index < -0.39 is 6.36 Å². The first kappa shape index (κ1) is 14.2. The molecule has 1 aromatic carbocycles. The van der Waals surface area contributed by atoms with Crippen molar-refractivity contribution in [2.24, 2.45) is 0 Å². The fourth-order valence-corrected chi connectivity index (χ4v) is 2.51. The van der Waals surface area contributed by atoms with E-state index in [1.807, 2.05) is 18.3 Å². The molecular weight excluding hydrogens is 396 g/mol. The molecule has 0 spiro atoms. The first-order chi connectivity index (χ1) is 9.92. The van der Waals surface area contributed by atoms with Crippen molar-refractivity contribution < 1.29 is 17.9 Å². The van der Waals surface area contributed by atoms with Gasteiger partial charge in [-0.15, -0.1) is 13.2 Å². The van der Waals surface area contributed by atoms with Gasteiger partial charge in [-0.05, 0) is 58.0 Å². The molecule has 2 aromatic heterocycles. The third-order valence-electron chi connectivity index (χ3n) is 2.90. The van der Waals surface area contributed by atoms with E-state index in [1.165, 1.54) is 12.1 Å². The topological polar surface area (TPSA) is 26.5 Å². The van der Waals surface area contributed by atoms with Gasteiger partial charge in [0.25, 0.3) is 0 Å². The molecular formula is C14H8F3IN2O. The second kappa shape index (κ2) is 5.21. The van der Waals surface area contributed by atoms with Gasteiger partial charge in [-0.2, -0.15) is 5.10 Å². The molecule has 0 amide bonds. The van der Waals surface area contributed by atoms with Gasteiger partial charge in [0.15, 0.2) is 0 Å². The van der Waals surface area contributed by atoms with Crippen molar-refractivity contribution in [3.63, 3.8) is 0 Å². The fourth-order valence-electron chi connectivity index (χ4n) is 1.98. The van der Waals surface area contributed by atoms with E-state index in [-0.39, 0.29) is 5.75 Å². The summed E-state index contributed by atoms with van der Waals surface area (Å²) in [5, 5.41) is 4.17. The molecule has 0 unspecified atom stereocenters. The minimum Gasteiger partial charge on any atom is -0.406 e. The zero-order valence-corrected chi connectivity index (χ0v) is 12.6. The predicted molar refractivity (Wildman–Crippen MR) is 80.0 cm³/mol. The average molecular weight is 404 g/mol. The summed E-state index contributed by atoms with van der Waals surface area (Å²) in [5.74, 6) is -0.230. The SMILES string of the molecule is FC(F)(F)Oc1ccc(-c2ccn3ncc(I)c3c2)cc1. The largest absolute Gasteiger partial charge is 0.573 e. The summed E-state index contributed by atoms with van der Waals surface area (Å²) in [6, 6.07) is 9.58. The van der Waals surface area contributed by atoms with Crippen LogP contribution in [0.15, 0.2) is 48.8 Å². The summed E-state index contributed by atoms with van der Waals surface area (Å²) in [7, 11) is 0. The Kier molecular flexibility index (Phi) is 3.52. The Morgan fingerprint density at radius 3 is 2.43 bits per heavy atom. The Morgan fingerprint density at radius 2 is 1.76 bits per heavy atom. The summed E-state index contributed by atoms with van der Waals surface area (Å²) in [4.78, 5) is 0. The maximum atomic E-state index is 12.1.